The molecule has 0 atom stereocenters. The molecule has 5 heteroatoms. The summed E-state index contributed by atoms with van der Waals surface area (Å²) in [4.78, 5) is 6.65. The minimum absolute atomic E-state index is 0.551. The third kappa shape index (κ3) is 4.34. The van der Waals surface area contributed by atoms with E-state index in [1.165, 1.54) is 0 Å². The van der Waals surface area contributed by atoms with E-state index in [2.05, 4.69) is 14.5 Å². The average Bonchev–Trinajstić information content (AvgIpc) is 2.55. The average molecular weight is 212 g/mol. The number of nitrogens with two attached hydrogens (primary N) is 1. The third-order valence-corrected chi connectivity index (χ3v) is 2.07. The fraction of sp³-hybridized carbons (Fsp3) is 0.556. The Morgan fingerprint density at radius 3 is 3.00 bits per heavy atom. The molecule has 0 amide bonds. The molecular weight excluding hydrogens is 196 g/mol. The molecule has 0 aliphatic carbocycles. The summed E-state index contributed by atoms with van der Waals surface area (Å²) in [7, 11) is 2.02. The van der Waals surface area contributed by atoms with Gasteiger partial charge in [-0.15, -0.1) is 0 Å². The molecule has 1 aromatic rings. The number of hydrogen-bond donors (Lipinski definition) is 1. The van der Waals surface area contributed by atoms with Crippen molar-refractivity contribution in [1.82, 2.24) is 14.5 Å². The lowest BCUT2D eigenvalue weighted by molar-refractivity contribution is 0.363. The molecule has 0 spiro atoms. The van der Waals surface area contributed by atoms with E-state index in [1.54, 1.807) is 6.20 Å². The molecular formula is C9H16N4S. The first-order chi connectivity index (χ1) is 6.68. The Kier molecular flexibility index (Phi) is 4.55. The Hall–Kier alpha value is -0.940. The summed E-state index contributed by atoms with van der Waals surface area (Å²) >= 11 is 4.82. The minimum atomic E-state index is 0.551. The van der Waals surface area contributed by atoms with Crippen LogP contribution in [-0.2, 0) is 6.54 Å². The van der Waals surface area contributed by atoms with Gasteiger partial charge in [0.25, 0.3) is 0 Å². The molecule has 0 radical (unpaired) electrons. The Labute approximate surface area is 89.7 Å². The van der Waals surface area contributed by atoms with Gasteiger partial charge in [0, 0.05) is 25.5 Å². The summed E-state index contributed by atoms with van der Waals surface area (Å²) < 4.78 is 2.06. The number of aryl methyl sites for hydroxylation is 1. The predicted molar refractivity (Wildman–Crippen MR) is 61.1 cm³/mol. The summed E-state index contributed by atoms with van der Waals surface area (Å²) in [5, 5.41) is 0. The Bertz CT molecular complexity index is 270. The summed E-state index contributed by atoms with van der Waals surface area (Å²) in [5.74, 6) is 0. The van der Waals surface area contributed by atoms with Gasteiger partial charge in [0.2, 0.25) is 0 Å². The van der Waals surface area contributed by atoms with Crippen LogP contribution in [0.5, 0.6) is 0 Å². The van der Waals surface area contributed by atoms with Crippen molar-refractivity contribution in [3.63, 3.8) is 0 Å². The van der Waals surface area contributed by atoms with Crippen molar-refractivity contribution in [2.24, 2.45) is 5.73 Å². The molecule has 0 bridgehead atoms. The molecule has 14 heavy (non-hydrogen) atoms. The highest BCUT2D eigenvalue weighted by Crippen LogP contribution is 1.93. The van der Waals surface area contributed by atoms with Crippen LogP contribution in [0.15, 0.2) is 18.7 Å². The van der Waals surface area contributed by atoms with Crippen LogP contribution in [-0.4, -0.2) is 39.6 Å². The monoisotopic (exact) mass is 212 g/mol. The van der Waals surface area contributed by atoms with Gasteiger partial charge in [-0.25, -0.2) is 4.98 Å². The summed E-state index contributed by atoms with van der Waals surface area (Å²) in [5.41, 5.74) is 5.43. The van der Waals surface area contributed by atoms with Crippen LogP contribution in [0.2, 0.25) is 0 Å². The minimum Gasteiger partial charge on any atom is -0.392 e. The number of imidazole rings is 1. The molecule has 0 saturated carbocycles. The summed E-state index contributed by atoms with van der Waals surface area (Å²) in [6.45, 7) is 2.68. The normalized spacial score (nSPS) is 10.7. The van der Waals surface area contributed by atoms with Gasteiger partial charge in [-0.3, -0.25) is 4.90 Å². The van der Waals surface area contributed by atoms with Crippen LogP contribution in [0.4, 0.5) is 0 Å². The lowest BCUT2D eigenvalue weighted by atomic mass is 10.4. The predicted octanol–water partition coefficient (Wildman–Crippen LogP) is 0.491. The lowest BCUT2D eigenvalue weighted by Gasteiger charge is -2.15. The second-order valence-electron chi connectivity index (χ2n) is 3.36. The van der Waals surface area contributed by atoms with Crippen LogP contribution in [0, 0.1) is 0 Å². The second-order valence-corrected chi connectivity index (χ2v) is 3.88. The highest BCUT2D eigenvalue weighted by atomic mass is 32.1. The maximum Gasteiger partial charge on any atom is 0.0945 e. The van der Waals surface area contributed by atoms with Gasteiger partial charge in [-0.05, 0) is 20.0 Å². The Morgan fingerprint density at radius 1 is 1.64 bits per heavy atom. The van der Waals surface area contributed by atoms with Crippen molar-refractivity contribution in [1.29, 1.82) is 0 Å². The number of likely N-dealkylation sites (N-methyl/N-ethyl adjacent to an activating group) is 1. The topological polar surface area (TPSA) is 47.1 Å². The highest BCUT2D eigenvalue weighted by molar-refractivity contribution is 7.80. The molecule has 1 heterocycles. The summed E-state index contributed by atoms with van der Waals surface area (Å²) in [6.07, 6.45) is 6.66. The fourth-order valence-corrected chi connectivity index (χ4v) is 1.51. The molecule has 78 valence electrons. The number of rotatable bonds is 6. The first-order valence-electron chi connectivity index (χ1n) is 4.61. The quantitative estimate of drug-likeness (QED) is 0.697. The molecule has 2 N–H and O–H groups in total. The molecule has 0 aliphatic rings. The van der Waals surface area contributed by atoms with Crippen LogP contribution in [0.25, 0.3) is 0 Å². The summed E-state index contributed by atoms with van der Waals surface area (Å²) in [6, 6.07) is 0. The zero-order valence-electron chi connectivity index (χ0n) is 8.39. The van der Waals surface area contributed by atoms with E-state index in [1.807, 2.05) is 19.6 Å². The van der Waals surface area contributed by atoms with Crippen LogP contribution < -0.4 is 5.73 Å². The van der Waals surface area contributed by atoms with E-state index in [4.69, 9.17) is 18.0 Å². The smallest absolute Gasteiger partial charge is 0.0945 e. The van der Waals surface area contributed by atoms with E-state index in [9.17, 15) is 0 Å². The SMILES string of the molecule is CN(CCCn1ccnc1)CC(N)=S. The van der Waals surface area contributed by atoms with E-state index in [0.717, 1.165) is 19.5 Å². The van der Waals surface area contributed by atoms with Crippen molar-refractivity contribution in [2.75, 3.05) is 20.1 Å². The van der Waals surface area contributed by atoms with E-state index in [-0.39, 0.29) is 0 Å². The van der Waals surface area contributed by atoms with E-state index >= 15 is 0 Å². The van der Waals surface area contributed by atoms with Gasteiger partial charge in [0.05, 0.1) is 11.3 Å². The molecule has 1 aromatic heterocycles. The Balaban J connectivity index is 2.12. The molecule has 0 unspecified atom stereocenters. The number of aromatic nitrogens is 2. The zero-order chi connectivity index (χ0) is 10.4. The third-order valence-electron chi connectivity index (χ3n) is 1.94. The number of thiocarbonyl (C=S) groups is 1. The van der Waals surface area contributed by atoms with Gasteiger partial charge >= 0.3 is 0 Å². The van der Waals surface area contributed by atoms with Crippen LogP contribution in [0.3, 0.4) is 0 Å². The molecule has 4 nitrogen and oxygen atoms in total. The fourth-order valence-electron chi connectivity index (χ4n) is 1.29. The van der Waals surface area contributed by atoms with Crippen molar-refractivity contribution in [3.05, 3.63) is 18.7 Å². The van der Waals surface area contributed by atoms with Crippen molar-refractivity contribution in [3.8, 4) is 0 Å². The van der Waals surface area contributed by atoms with Crippen molar-refractivity contribution in [2.45, 2.75) is 13.0 Å². The lowest BCUT2D eigenvalue weighted by Crippen LogP contribution is -2.30. The van der Waals surface area contributed by atoms with Crippen LogP contribution in [0.1, 0.15) is 6.42 Å². The van der Waals surface area contributed by atoms with Crippen molar-refractivity contribution >= 4 is 17.2 Å². The largest absolute Gasteiger partial charge is 0.392 e. The molecule has 0 fully saturated rings. The van der Waals surface area contributed by atoms with Gasteiger partial charge < -0.3 is 10.3 Å². The first-order valence-corrected chi connectivity index (χ1v) is 5.02. The van der Waals surface area contributed by atoms with Gasteiger partial charge in [-0.1, -0.05) is 12.2 Å². The first kappa shape index (κ1) is 11.1. The molecule has 1 rings (SSSR count). The highest BCUT2D eigenvalue weighted by Gasteiger charge is 1.99. The second kappa shape index (κ2) is 5.72. The standard InChI is InChI=1S/C9H16N4S/c1-12(7-9(10)14)4-2-5-13-6-3-11-8-13/h3,6,8H,2,4-5,7H2,1H3,(H2,10,14). The van der Waals surface area contributed by atoms with Gasteiger partial charge in [-0.2, -0.15) is 0 Å². The molecule has 0 aliphatic heterocycles. The molecule has 0 saturated heterocycles. The molecule has 0 aromatic carbocycles. The van der Waals surface area contributed by atoms with Gasteiger partial charge in [0.1, 0.15) is 0 Å². The zero-order valence-corrected chi connectivity index (χ0v) is 9.20. The van der Waals surface area contributed by atoms with E-state index in [0.29, 0.717) is 11.5 Å². The van der Waals surface area contributed by atoms with Crippen molar-refractivity contribution < 1.29 is 0 Å². The van der Waals surface area contributed by atoms with Gasteiger partial charge in [0.15, 0.2) is 0 Å². The van der Waals surface area contributed by atoms with Crippen LogP contribution >= 0.6 is 12.2 Å². The maximum atomic E-state index is 5.43. The number of nitrogens with zero attached hydrogens (tertiary/aromatic N) is 3. The number of hydrogen-bond acceptors (Lipinski definition) is 3. The maximum absolute atomic E-state index is 5.43. The Morgan fingerprint density at radius 2 is 2.43 bits per heavy atom. The van der Waals surface area contributed by atoms with E-state index < -0.39 is 0 Å².